The summed E-state index contributed by atoms with van der Waals surface area (Å²) in [5.74, 6) is 0. The Morgan fingerprint density at radius 3 is 3.33 bits per heavy atom. The fraction of sp³-hybridized carbons (Fsp3) is 0.167. The van der Waals surface area contributed by atoms with Crippen molar-refractivity contribution in [2.75, 3.05) is 0 Å². The second-order valence-corrected chi connectivity index (χ2v) is 2.00. The molecule has 2 aliphatic rings. The first kappa shape index (κ1) is 4.61. The molecule has 2 rings (SSSR count). The summed E-state index contributed by atoms with van der Waals surface area (Å²) in [5.41, 5.74) is 2.82. The Labute approximate surface area is 53.3 Å². The number of hydrogen-bond donors (Lipinski definition) is 1. The van der Waals surface area contributed by atoms with Crippen LogP contribution in [0.5, 0.6) is 0 Å². The zero-order valence-electron chi connectivity index (χ0n) is 4.86. The summed E-state index contributed by atoms with van der Waals surface area (Å²) in [6.45, 7) is 0. The molecule has 0 radical (unpaired) electrons. The van der Waals surface area contributed by atoms with E-state index in [9.17, 15) is 0 Å². The Bertz CT molecular complexity index is 192. The average molecular weight is 121 g/mol. The van der Waals surface area contributed by atoms with Crippen LogP contribution in [0.4, 0.5) is 0 Å². The first-order chi connectivity index (χ1) is 4.47. The van der Waals surface area contributed by atoms with Crippen LogP contribution in [-0.2, 0) is 0 Å². The maximum atomic E-state index is 3.88. The van der Waals surface area contributed by atoms with Gasteiger partial charge in [0, 0.05) is 6.20 Å². The van der Waals surface area contributed by atoms with Gasteiger partial charge in [-0.25, -0.2) is 5.53 Å². The minimum Gasteiger partial charge on any atom is -0.267 e. The summed E-state index contributed by atoms with van der Waals surface area (Å²) in [6, 6.07) is 0.329. The topological polar surface area (TPSA) is 27.6 Å². The SMILES string of the molecule is C1=CC2C=NNN2C=C1. The highest BCUT2D eigenvalue weighted by Gasteiger charge is 2.14. The van der Waals surface area contributed by atoms with Crippen LogP contribution in [0.1, 0.15) is 0 Å². The lowest BCUT2D eigenvalue weighted by Crippen LogP contribution is -2.33. The number of nitrogens with zero attached hydrogens (tertiary/aromatic N) is 2. The van der Waals surface area contributed by atoms with E-state index in [0.717, 1.165) is 0 Å². The Balaban J connectivity index is 2.25. The third-order valence-corrected chi connectivity index (χ3v) is 1.39. The van der Waals surface area contributed by atoms with Gasteiger partial charge in [-0.2, -0.15) is 5.10 Å². The van der Waals surface area contributed by atoms with Gasteiger partial charge in [0.25, 0.3) is 0 Å². The number of hydrazine groups is 1. The Kier molecular flexibility index (Phi) is 0.828. The molecule has 0 amide bonds. The van der Waals surface area contributed by atoms with E-state index in [-0.39, 0.29) is 0 Å². The number of hydrogen-bond acceptors (Lipinski definition) is 3. The smallest absolute Gasteiger partial charge is 0.107 e. The van der Waals surface area contributed by atoms with Crippen molar-refractivity contribution in [2.24, 2.45) is 5.10 Å². The van der Waals surface area contributed by atoms with Crippen molar-refractivity contribution in [1.29, 1.82) is 0 Å². The van der Waals surface area contributed by atoms with E-state index < -0.39 is 0 Å². The highest BCUT2D eigenvalue weighted by Crippen LogP contribution is 2.06. The number of allylic oxidation sites excluding steroid dienone is 2. The second kappa shape index (κ2) is 1.62. The first-order valence-electron chi connectivity index (χ1n) is 2.89. The van der Waals surface area contributed by atoms with Gasteiger partial charge in [0.15, 0.2) is 0 Å². The van der Waals surface area contributed by atoms with Gasteiger partial charge in [-0.15, -0.1) is 0 Å². The Morgan fingerprint density at radius 2 is 2.44 bits per heavy atom. The van der Waals surface area contributed by atoms with Crippen LogP contribution >= 0.6 is 0 Å². The normalized spacial score (nSPS) is 28.4. The van der Waals surface area contributed by atoms with Gasteiger partial charge in [-0.3, -0.25) is 5.01 Å². The first-order valence-corrected chi connectivity index (χ1v) is 2.89. The number of hydrazone groups is 1. The minimum absolute atomic E-state index is 0.329. The molecule has 46 valence electrons. The van der Waals surface area contributed by atoms with E-state index in [1.807, 2.05) is 29.6 Å². The molecule has 0 spiro atoms. The fourth-order valence-electron chi connectivity index (χ4n) is 0.910. The summed E-state index contributed by atoms with van der Waals surface area (Å²) in [5, 5.41) is 5.81. The van der Waals surface area contributed by atoms with Crippen molar-refractivity contribution in [3.05, 3.63) is 24.4 Å². The van der Waals surface area contributed by atoms with Crippen LogP contribution in [-0.4, -0.2) is 17.3 Å². The summed E-state index contributed by atoms with van der Waals surface area (Å²) in [4.78, 5) is 0. The molecular formula is C6H7N3. The molecule has 1 N–H and O–H groups in total. The maximum absolute atomic E-state index is 3.88. The van der Waals surface area contributed by atoms with Crippen LogP contribution in [0.25, 0.3) is 0 Å². The van der Waals surface area contributed by atoms with Gasteiger partial charge in [0.2, 0.25) is 0 Å². The van der Waals surface area contributed by atoms with Crippen LogP contribution < -0.4 is 5.53 Å². The van der Waals surface area contributed by atoms with Crippen molar-refractivity contribution in [2.45, 2.75) is 6.04 Å². The van der Waals surface area contributed by atoms with Crippen molar-refractivity contribution >= 4 is 6.21 Å². The molecule has 3 nitrogen and oxygen atoms in total. The van der Waals surface area contributed by atoms with E-state index in [4.69, 9.17) is 0 Å². The van der Waals surface area contributed by atoms with Gasteiger partial charge >= 0.3 is 0 Å². The highest BCUT2D eigenvalue weighted by molar-refractivity contribution is 5.69. The molecule has 3 heteroatoms. The van der Waals surface area contributed by atoms with Crippen molar-refractivity contribution < 1.29 is 0 Å². The molecule has 0 aromatic heterocycles. The van der Waals surface area contributed by atoms with Crippen LogP contribution in [0, 0.1) is 0 Å². The largest absolute Gasteiger partial charge is 0.267 e. The molecular weight excluding hydrogens is 114 g/mol. The lowest BCUT2D eigenvalue weighted by Gasteiger charge is -2.19. The molecule has 0 bridgehead atoms. The van der Waals surface area contributed by atoms with Gasteiger partial charge in [0.05, 0.1) is 6.21 Å². The number of fused-ring (bicyclic) bond motifs is 1. The van der Waals surface area contributed by atoms with Crippen LogP contribution in [0.15, 0.2) is 29.5 Å². The molecule has 0 aromatic carbocycles. The molecule has 0 fully saturated rings. The number of rotatable bonds is 0. The van der Waals surface area contributed by atoms with Crippen LogP contribution in [0.2, 0.25) is 0 Å². The maximum Gasteiger partial charge on any atom is 0.107 e. The zero-order valence-corrected chi connectivity index (χ0v) is 4.86. The van der Waals surface area contributed by atoms with Gasteiger partial charge in [-0.05, 0) is 6.08 Å². The van der Waals surface area contributed by atoms with Crippen molar-refractivity contribution in [1.82, 2.24) is 10.5 Å². The quantitative estimate of drug-likeness (QED) is 0.497. The molecule has 0 aliphatic carbocycles. The lowest BCUT2D eigenvalue weighted by atomic mass is 10.2. The van der Waals surface area contributed by atoms with Gasteiger partial charge < -0.3 is 0 Å². The van der Waals surface area contributed by atoms with E-state index in [2.05, 4.69) is 16.7 Å². The molecule has 2 heterocycles. The Hall–Kier alpha value is -1.25. The molecule has 1 atom stereocenters. The molecule has 0 saturated heterocycles. The molecule has 1 unspecified atom stereocenters. The lowest BCUT2D eigenvalue weighted by molar-refractivity contribution is 0.301. The van der Waals surface area contributed by atoms with E-state index >= 15 is 0 Å². The third-order valence-electron chi connectivity index (χ3n) is 1.39. The monoisotopic (exact) mass is 121 g/mol. The summed E-state index contributed by atoms with van der Waals surface area (Å²) >= 11 is 0. The van der Waals surface area contributed by atoms with E-state index in [1.165, 1.54) is 0 Å². The van der Waals surface area contributed by atoms with Gasteiger partial charge in [-0.1, -0.05) is 12.2 Å². The van der Waals surface area contributed by atoms with Crippen LogP contribution in [0.3, 0.4) is 0 Å². The predicted octanol–water partition coefficient (Wildman–Crippen LogP) is 0.244. The van der Waals surface area contributed by atoms with Crippen molar-refractivity contribution in [3.8, 4) is 0 Å². The third kappa shape index (κ3) is 0.614. The van der Waals surface area contributed by atoms with E-state index in [1.54, 1.807) is 0 Å². The summed E-state index contributed by atoms with van der Waals surface area (Å²) in [7, 11) is 0. The fourth-order valence-corrected chi connectivity index (χ4v) is 0.910. The zero-order chi connectivity index (χ0) is 6.10. The minimum atomic E-state index is 0.329. The molecule has 0 aromatic rings. The molecule has 9 heavy (non-hydrogen) atoms. The van der Waals surface area contributed by atoms with Crippen molar-refractivity contribution in [3.63, 3.8) is 0 Å². The summed E-state index contributed by atoms with van der Waals surface area (Å²) in [6.07, 6.45) is 9.87. The second-order valence-electron chi connectivity index (χ2n) is 2.00. The number of nitrogens with one attached hydrogen (secondary N) is 1. The molecule has 0 saturated carbocycles. The van der Waals surface area contributed by atoms with Gasteiger partial charge in [0.1, 0.15) is 6.04 Å². The van der Waals surface area contributed by atoms with E-state index in [0.29, 0.717) is 6.04 Å². The highest BCUT2D eigenvalue weighted by atomic mass is 15.7. The predicted molar refractivity (Wildman–Crippen MR) is 35.5 cm³/mol. The molecule has 2 aliphatic heterocycles. The summed E-state index contributed by atoms with van der Waals surface area (Å²) < 4.78 is 0. The Morgan fingerprint density at radius 1 is 1.44 bits per heavy atom. The standard InChI is InChI=1S/C6H7N3/c1-2-4-9-6(3-1)5-7-8-9/h1-6,8H. The average Bonchev–Trinajstić information content (AvgIpc) is 2.33.